The highest BCUT2D eigenvalue weighted by Crippen LogP contribution is 2.35. The third kappa shape index (κ3) is 7.95. The van der Waals surface area contributed by atoms with Crippen molar-refractivity contribution in [1.82, 2.24) is 15.5 Å². The smallest absolute Gasteiger partial charge is 0.490 e. The normalized spacial score (nSPS) is 15.1. The van der Waals surface area contributed by atoms with Gasteiger partial charge < -0.3 is 35.0 Å². The molecule has 0 fully saturated rings. The number of benzene rings is 3. The van der Waals surface area contributed by atoms with E-state index in [1.807, 2.05) is 42.5 Å². The molecule has 0 radical (unpaired) electrons. The van der Waals surface area contributed by atoms with Crippen molar-refractivity contribution < 1.29 is 46.9 Å². The maximum Gasteiger partial charge on any atom is 0.490 e. The SMILES string of the molecule is CN[C@@H](C)C(=O)N[C@H]1COc2ccccc2N(Cc2cc3cc(C(=O)N(C)C)ccc3cc2OC)C1=O.O=C(O)C(F)(F)F. The quantitative estimate of drug-likeness (QED) is 0.367. The molecule has 0 aromatic heterocycles. The number of aliphatic carboxylic acids is 1. The Kier molecular flexibility index (Phi) is 10.8. The van der Waals surface area contributed by atoms with Gasteiger partial charge in [0.15, 0.2) is 0 Å². The van der Waals surface area contributed by atoms with Crippen LogP contribution in [0.2, 0.25) is 0 Å². The van der Waals surface area contributed by atoms with E-state index < -0.39 is 24.2 Å². The highest BCUT2D eigenvalue weighted by Gasteiger charge is 2.38. The Morgan fingerprint density at radius 2 is 1.77 bits per heavy atom. The number of nitrogens with one attached hydrogen (secondary N) is 2. The van der Waals surface area contributed by atoms with E-state index in [1.54, 1.807) is 52.2 Å². The number of likely N-dealkylation sites (N-methyl/N-ethyl adjacent to an activating group) is 1. The Balaban J connectivity index is 0.000000676. The maximum atomic E-state index is 13.8. The van der Waals surface area contributed by atoms with Crippen molar-refractivity contribution in [2.45, 2.75) is 31.7 Å². The van der Waals surface area contributed by atoms with E-state index in [-0.39, 0.29) is 30.9 Å². The largest absolute Gasteiger partial charge is 0.496 e. The van der Waals surface area contributed by atoms with Gasteiger partial charge in [-0.2, -0.15) is 13.2 Å². The van der Waals surface area contributed by atoms with Crippen molar-refractivity contribution in [2.24, 2.45) is 0 Å². The first-order valence-corrected chi connectivity index (χ1v) is 13.3. The number of fused-ring (bicyclic) bond motifs is 2. The number of hydrogen-bond acceptors (Lipinski definition) is 7. The lowest BCUT2D eigenvalue weighted by atomic mass is 10.0. The Labute approximate surface area is 251 Å². The van der Waals surface area contributed by atoms with Crippen LogP contribution in [0, 0.1) is 0 Å². The highest BCUT2D eigenvalue weighted by molar-refractivity contribution is 6.02. The Morgan fingerprint density at radius 3 is 2.36 bits per heavy atom. The van der Waals surface area contributed by atoms with Crippen LogP contribution in [0.4, 0.5) is 18.9 Å². The molecular weight excluding hydrogens is 585 g/mol. The minimum atomic E-state index is -5.08. The molecule has 3 aromatic rings. The molecule has 0 bridgehead atoms. The fraction of sp³-hybridized carbons (Fsp3) is 0.333. The van der Waals surface area contributed by atoms with Crippen molar-refractivity contribution in [3.05, 3.63) is 65.7 Å². The number of amides is 3. The van der Waals surface area contributed by atoms with Gasteiger partial charge in [0.25, 0.3) is 11.8 Å². The van der Waals surface area contributed by atoms with Crippen LogP contribution in [-0.4, -0.2) is 86.8 Å². The van der Waals surface area contributed by atoms with E-state index in [4.69, 9.17) is 19.4 Å². The maximum absolute atomic E-state index is 13.8. The fourth-order valence-corrected chi connectivity index (χ4v) is 4.25. The van der Waals surface area contributed by atoms with Crippen LogP contribution in [0.1, 0.15) is 22.8 Å². The molecule has 0 saturated heterocycles. The second-order valence-electron chi connectivity index (χ2n) is 10.0. The molecule has 3 aromatic carbocycles. The number of carboxylic acids is 1. The monoisotopic (exact) mass is 618 g/mol. The third-order valence-corrected chi connectivity index (χ3v) is 6.73. The Morgan fingerprint density at radius 1 is 1.11 bits per heavy atom. The molecule has 1 heterocycles. The molecular formula is C30H33F3N4O7. The number of carbonyl (C=O) groups excluding carboxylic acids is 3. The predicted octanol–water partition coefficient (Wildman–Crippen LogP) is 3.20. The van der Waals surface area contributed by atoms with Crippen LogP contribution in [-0.2, 0) is 20.9 Å². The molecule has 14 heteroatoms. The molecule has 236 valence electrons. The molecule has 0 unspecified atom stereocenters. The lowest BCUT2D eigenvalue weighted by molar-refractivity contribution is -0.192. The zero-order valence-corrected chi connectivity index (χ0v) is 24.7. The number of carboxylic acid groups (broad SMARTS) is 1. The molecule has 11 nitrogen and oxygen atoms in total. The van der Waals surface area contributed by atoms with Gasteiger partial charge in [0.1, 0.15) is 24.1 Å². The van der Waals surface area contributed by atoms with Crippen molar-refractivity contribution in [1.29, 1.82) is 0 Å². The number of nitrogens with zero attached hydrogens (tertiary/aromatic N) is 2. The number of hydrogen-bond donors (Lipinski definition) is 3. The van der Waals surface area contributed by atoms with Gasteiger partial charge in [-0.3, -0.25) is 14.4 Å². The summed E-state index contributed by atoms with van der Waals surface area (Å²) in [5.74, 6) is -2.28. The van der Waals surface area contributed by atoms with Crippen LogP contribution >= 0.6 is 0 Å². The minimum absolute atomic E-state index is 0.0133. The van der Waals surface area contributed by atoms with E-state index in [0.717, 1.165) is 16.3 Å². The molecule has 3 N–H and O–H groups in total. The molecule has 0 spiro atoms. The van der Waals surface area contributed by atoms with Gasteiger partial charge in [0, 0.05) is 25.2 Å². The third-order valence-electron chi connectivity index (χ3n) is 6.73. The number of anilines is 1. The summed E-state index contributed by atoms with van der Waals surface area (Å²) in [6.45, 7) is 1.91. The predicted molar refractivity (Wildman–Crippen MR) is 156 cm³/mol. The van der Waals surface area contributed by atoms with Crippen LogP contribution in [0.25, 0.3) is 10.8 Å². The first kappa shape index (κ1) is 33.6. The van der Waals surface area contributed by atoms with Crippen molar-refractivity contribution >= 4 is 40.2 Å². The molecule has 4 rings (SSSR count). The molecule has 3 amide bonds. The summed E-state index contributed by atoms with van der Waals surface area (Å²) in [5, 5.41) is 14.6. The van der Waals surface area contributed by atoms with Crippen molar-refractivity contribution in [3.8, 4) is 11.5 Å². The van der Waals surface area contributed by atoms with E-state index in [1.165, 1.54) is 4.90 Å². The molecule has 2 atom stereocenters. The summed E-state index contributed by atoms with van der Waals surface area (Å²) in [7, 11) is 6.69. The van der Waals surface area contributed by atoms with Gasteiger partial charge in [-0.15, -0.1) is 0 Å². The van der Waals surface area contributed by atoms with Crippen LogP contribution in [0.5, 0.6) is 11.5 Å². The van der Waals surface area contributed by atoms with E-state index in [0.29, 0.717) is 22.7 Å². The number of carbonyl (C=O) groups is 4. The fourth-order valence-electron chi connectivity index (χ4n) is 4.25. The summed E-state index contributed by atoms with van der Waals surface area (Å²) in [6.07, 6.45) is -5.08. The number of ether oxygens (including phenoxy) is 2. The Bertz CT molecular complexity index is 1540. The summed E-state index contributed by atoms with van der Waals surface area (Å²) >= 11 is 0. The van der Waals surface area contributed by atoms with Gasteiger partial charge in [0.05, 0.1) is 25.4 Å². The number of para-hydroxylation sites is 2. The summed E-state index contributed by atoms with van der Waals surface area (Å²) in [5.41, 5.74) is 1.92. The van der Waals surface area contributed by atoms with Gasteiger partial charge in [0.2, 0.25) is 5.91 Å². The summed E-state index contributed by atoms with van der Waals surface area (Å²) in [4.78, 5) is 50.9. The molecule has 0 saturated carbocycles. The first-order chi connectivity index (χ1) is 20.7. The number of methoxy groups -OCH3 is 1. The minimum Gasteiger partial charge on any atom is -0.496 e. The standard InChI is InChI=1S/C28H32N4O5.C2HF3O2/c1-17(29-2)26(33)30-22-16-37-24-9-7-6-8-23(24)32(28(22)35)15-21-13-20-12-19(27(34)31(3)4)11-10-18(20)14-25(21)36-5;3-2(4,5)1(6)7/h6-14,17,22,29H,15-16H2,1-5H3,(H,30,33);(H,6,7)/t17-,22-;/m0./s1. The van der Waals surface area contributed by atoms with Crippen molar-refractivity contribution in [3.63, 3.8) is 0 Å². The number of halogens is 3. The van der Waals surface area contributed by atoms with Crippen LogP contribution < -0.4 is 25.0 Å². The van der Waals surface area contributed by atoms with Gasteiger partial charge in [-0.05, 0) is 61.1 Å². The van der Waals surface area contributed by atoms with E-state index in [9.17, 15) is 27.6 Å². The second-order valence-corrected chi connectivity index (χ2v) is 10.0. The summed E-state index contributed by atoms with van der Waals surface area (Å²) in [6, 6.07) is 15.3. The lowest BCUT2D eigenvalue weighted by Crippen LogP contribution is -2.53. The zero-order chi connectivity index (χ0) is 32.8. The Hall–Kier alpha value is -4.85. The molecule has 1 aliphatic rings. The van der Waals surface area contributed by atoms with E-state index >= 15 is 0 Å². The second kappa shape index (κ2) is 14.1. The van der Waals surface area contributed by atoms with E-state index in [2.05, 4.69) is 10.6 Å². The van der Waals surface area contributed by atoms with Gasteiger partial charge >= 0.3 is 12.1 Å². The molecule has 0 aliphatic carbocycles. The van der Waals surface area contributed by atoms with Crippen molar-refractivity contribution in [2.75, 3.05) is 39.8 Å². The topological polar surface area (TPSA) is 138 Å². The first-order valence-electron chi connectivity index (χ1n) is 13.3. The molecule has 44 heavy (non-hydrogen) atoms. The van der Waals surface area contributed by atoms with Gasteiger partial charge in [-0.25, -0.2) is 4.79 Å². The number of alkyl halides is 3. The van der Waals surface area contributed by atoms with Crippen LogP contribution in [0.3, 0.4) is 0 Å². The van der Waals surface area contributed by atoms with Crippen LogP contribution in [0.15, 0.2) is 54.6 Å². The average molecular weight is 619 g/mol. The zero-order valence-electron chi connectivity index (χ0n) is 24.7. The summed E-state index contributed by atoms with van der Waals surface area (Å²) < 4.78 is 43.4. The lowest BCUT2D eigenvalue weighted by Gasteiger charge is -2.26. The number of rotatable bonds is 7. The average Bonchev–Trinajstić information content (AvgIpc) is 3.11. The van der Waals surface area contributed by atoms with Gasteiger partial charge in [-0.1, -0.05) is 18.2 Å². The highest BCUT2D eigenvalue weighted by atomic mass is 19.4. The molecule has 1 aliphatic heterocycles.